The predicted octanol–water partition coefficient (Wildman–Crippen LogP) is 10.7. The van der Waals surface area contributed by atoms with Gasteiger partial charge in [0.1, 0.15) is 50.0 Å². The number of alkyl halides is 2. The van der Waals surface area contributed by atoms with Crippen LogP contribution in [0.25, 0.3) is 0 Å². The molecule has 0 aliphatic heterocycles. The summed E-state index contributed by atoms with van der Waals surface area (Å²) in [6.07, 6.45) is 20.0. The first kappa shape index (κ1) is 86.6. The van der Waals surface area contributed by atoms with Crippen molar-refractivity contribution in [1.29, 1.82) is 0 Å². The number of carbonyl (C=O) groups is 9. The Morgan fingerprint density at radius 2 is 0.892 bits per heavy atom. The smallest absolute Gasteiger partial charge is 0.303 e. The molecule has 9 N–H and O–H groups in total. The normalized spacial score (nSPS) is 48.8. The maximum absolute atomic E-state index is 15.4. The van der Waals surface area contributed by atoms with Crippen LogP contribution in [0, 0.1) is 138 Å². The molecule has 0 amide bonds. The molecule has 12 saturated carbocycles. The molecular formula is C90H128F2O19. The average Bonchev–Trinajstić information content (AvgIpc) is 1.64. The number of esters is 1. The second kappa shape index (κ2) is 30.4. The molecular weight excluding hydrogens is 1420 g/mol. The predicted molar refractivity (Wildman–Crippen MR) is 410 cm³/mol. The van der Waals surface area contributed by atoms with Gasteiger partial charge in [-0.2, -0.15) is 0 Å². The van der Waals surface area contributed by atoms with E-state index in [4.69, 9.17) is 4.74 Å². The highest BCUT2D eigenvalue weighted by molar-refractivity contribution is 6.02. The number of allylic oxidation sites excluding steroid dienone is 10. The van der Waals surface area contributed by atoms with Crippen LogP contribution in [0.4, 0.5) is 8.78 Å². The van der Waals surface area contributed by atoms with E-state index < -0.39 is 118 Å². The van der Waals surface area contributed by atoms with Crippen molar-refractivity contribution in [3.8, 4) is 0 Å². The summed E-state index contributed by atoms with van der Waals surface area (Å²) in [4.78, 5) is 109. The van der Waals surface area contributed by atoms with Gasteiger partial charge in [-0.05, 0) is 256 Å². The molecule has 32 atom stereocenters. The number of hydrogen-bond acceptors (Lipinski definition) is 19. The first-order chi connectivity index (χ1) is 51.0. The van der Waals surface area contributed by atoms with Crippen molar-refractivity contribution >= 4 is 52.2 Å². The Morgan fingerprint density at radius 1 is 0.468 bits per heavy atom. The van der Waals surface area contributed by atoms with Gasteiger partial charge in [0.15, 0.2) is 46.3 Å². The second-order valence-electron chi connectivity index (χ2n) is 39.2. The molecule has 19 nitrogen and oxygen atoms in total. The Balaban J connectivity index is 0.000000146. The lowest BCUT2D eigenvalue weighted by Gasteiger charge is -2.60. The van der Waals surface area contributed by atoms with Crippen LogP contribution in [0.1, 0.15) is 219 Å². The molecule has 0 aromatic heterocycles. The topological polar surface area (TPSA) is 345 Å². The molecule has 111 heavy (non-hydrogen) atoms. The highest BCUT2D eigenvalue weighted by atomic mass is 19.1. The number of ether oxygens (including phenoxy) is 1. The first-order valence-corrected chi connectivity index (χ1v) is 40.9. The van der Waals surface area contributed by atoms with Crippen LogP contribution in [0.3, 0.4) is 0 Å². The van der Waals surface area contributed by atoms with Gasteiger partial charge in [0.25, 0.3) is 0 Å². The fourth-order valence-electron chi connectivity index (χ4n) is 29.7. The van der Waals surface area contributed by atoms with Crippen molar-refractivity contribution in [2.24, 2.45) is 138 Å². The fourth-order valence-corrected chi connectivity index (χ4v) is 29.7. The zero-order valence-corrected chi connectivity index (χ0v) is 65.7. The summed E-state index contributed by atoms with van der Waals surface area (Å²) in [7, 11) is 0. The van der Waals surface area contributed by atoms with E-state index in [2.05, 4.69) is 20.8 Å². The van der Waals surface area contributed by atoms with Crippen molar-refractivity contribution in [2.75, 3.05) is 26.4 Å². The standard InChI is InChI=1S/C24H33FO5.C22H29FO4.C21H30O5.C21H28O5.2CH4/c1-12-7-16-15-9-18(25)17-8-14(27)5-6-23(17,3)22(15)19(28)10-24(16,4)21(12)20(29)11-30-13(2)26;1-11-6-14-13-8-16(23)15-7-12(25)4-5-21(15,2)20(13)17(26)9-22(14,3)19(11)18(27)10-24;2*1-19-7-5-13(23)9-12(19)3-4-14-15-6-8-21(26,17(25)11-22)20(15,2)10-16(24)18(14)19;;/h8,12,15-16,18-19,21-22,28H,5-7,9-11H2,1-4H3;4-5,7,11,13-14,16-17,19-20,24,26H,6,8-10H2,1-3H3;9,14-16,18,22,24,26H,3-8,10-11H2,1-2H3;5,7,9,14-16,18,22,24,26H,3-4,6,8,10-11H2,1-2H3;2*1H4/t12-,15?,16?,18+,19+,21-,22?,23+,24+;11-,13?,14?,16+,17+,19-,20?,21+,22+;2*14?,15?,16-,18?,19-,20-,21-;;/m1100../s1. The Hall–Kier alpha value is -5.23. The Labute approximate surface area is 654 Å². The van der Waals surface area contributed by atoms with Crippen LogP contribution in [0.5, 0.6) is 0 Å². The molecule has 0 aromatic rings. The highest BCUT2D eigenvalue weighted by Crippen LogP contribution is 2.73. The zero-order valence-electron chi connectivity index (χ0n) is 65.7. The first-order valence-electron chi connectivity index (χ1n) is 40.9. The molecule has 12 unspecified atom stereocenters. The molecule has 0 radical (unpaired) electrons. The Morgan fingerprint density at radius 3 is 1.41 bits per heavy atom. The molecule has 0 spiro atoms. The van der Waals surface area contributed by atoms with Gasteiger partial charge < -0.3 is 50.7 Å². The number of Topliss-reactive ketones (excluding diaryl/α,β-unsaturated/α-hetero) is 4. The molecule has 16 aliphatic carbocycles. The van der Waals surface area contributed by atoms with Gasteiger partial charge in [-0.3, -0.25) is 43.2 Å². The minimum Gasteiger partial charge on any atom is -0.458 e. The zero-order chi connectivity index (χ0) is 79.5. The lowest BCUT2D eigenvalue weighted by Crippen LogP contribution is -2.62. The molecule has 16 rings (SSSR count). The van der Waals surface area contributed by atoms with Crippen molar-refractivity contribution in [2.45, 2.75) is 267 Å². The largest absolute Gasteiger partial charge is 0.458 e. The summed E-state index contributed by atoms with van der Waals surface area (Å²) >= 11 is 0. The van der Waals surface area contributed by atoms with Crippen molar-refractivity contribution in [3.05, 3.63) is 70.9 Å². The molecule has 616 valence electrons. The number of fused-ring (bicyclic) bond motifs is 20. The summed E-state index contributed by atoms with van der Waals surface area (Å²) in [6.45, 7) is 19.5. The monoisotopic (exact) mass is 1550 g/mol. The third-order valence-corrected chi connectivity index (χ3v) is 34.2. The van der Waals surface area contributed by atoms with Gasteiger partial charge in [0.05, 0.1) is 24.4 Å². The van der Waals surface area contributed by atoms with Crippen LogP contribution in [-0.2, 0) is 47.9 Å². The van der Waals surface area contributed by atoms with Crippen LogP contribution >= 0.6 is 0 Å². The van der Waals surface area contributed by atoms with Gasteiger partial charge >= 0.3 is 5.97 Å². The molecule has 0 bridgehead atoms. The van der Waals surface area contributed by atoms with Crippen LogP contribution in [0.15, 0.2) is 70.9 Å². The second-order valence-corrected chi connectivity index (χ2v) is 39.2. The third kappa shape index (κ3) is 13.2. The minimum atomic E-state index is -1.56. The summed E-state index contributed by atoms with van der Waals surface area (Å²) in [5, 5.41) is 95.4. The van der Waals surface area contributed by atoms with E-state index in [0.29, 0.717) is 75.4 Å². The number of hydrogen-bond donors (Lipinski definition) is 9. The average molecular weight is 1550 g/mol. The highest BCUT2D eigenvalue weighted by Gasteiger charge is 2.72. The van der Waals surface area contributed by atoms with Gasteiger partial charge in [0.2, 0.25) is 0 Å². The lowest BCUT2D eigenvalue weighted by atomic mass is 9.45. The molecule has 0 aromatic carbocycles. The van der Waals surface area contributed by atoms with Crippen molar-refractivity contribution in [3.63, 3.8) is 0 Å². The lowest BCUT2D eigenvalue weighted by molar-refractivity contribution is -0.182. The van der Waals surface area contributed by atoms with E-state index in [1.54, 1.807) is 24.3 Å². The maximum atomic E-state index is 15.4. The van der Waals surface area contributed by atoms with E-state index in [1.165, 1.54) is 30.7 Å². The van der Waals surface area contributed by atoms with Crippen LogP contribution < -0.4 is 0 Å². The number of ketones is 8. The molecule has 12 fully saturated rings. The van der Waals surface area contributed by atoms with Crippen LogP contribution in [0.2, 0.25) is 0 Å². The van der Waals surface area contributed by atoms with Gasteiger partial charge in [0, 0.05) is 65.1 Å². The van der Waals surface area contributed by atoms with E-state index in [1.807, 2.05) is 54.5 Å². The summed E-state index contributed by atoms with van der Waals surface area (Å²) < 4.78 is 35.5. The van der Waals surface area contributed by atoms with E-state index >= 15 is 8.78 Å². The van der Waals surface area contributed by atoms with Gasteiger partial charge in [-0.25, -0.2) is 8.78 Å². The van der Waals surface area contributed by atoms with Crippen molar-refractivity contribution < 1.29 is 103 Å². The Bertz CT molecular complexity index is 3940. The maximum Gasteiger partial charge on any atom is 0.303 e. The van der Waals surface area contributed by atoms with Crippen molar-refractivity contribution in [1.82, 2.24) is 0 Å². The van der Waals surface area contributed by atoms with E-state index in [0.717, 1.165) is 63.4 Å². The molecule has 16 aliphatic rings. The van der Waals surface area contributed by atoms with Crippen LogP contribution in [-0.4, -0.2) is 173 Å². The number of rotatable bonds is 9. The van der Waals surface area contributed by atoms with E-state index in [-0.39, 0.29) is 168 Å². The quantitative estimate of drug-likeness (QED) is 0.0969. The number of halogens is 2. The number of aliphatic hydroxyl groups excluding tert-OH is 7. The Kier molecular flexibility index (Phi) is 23.7. The number of carbonyl (C=O) groups excluding carboxylic acids is 9. The summed E-state index contributed by atoms with van der Waals surface area (Å²) in [5.41, 5.74) is -3.77. The SMILES string of the molecule is C.C.CC(=O)OCC(=O)[C@H]1[C@H](C)CC2C3C[C@H](F)C4=CC(=O)CC[C@]4(C)C3[C@@H](O)C[C@@]21C.C[C@@H]1CC2C3C[C@H](F)C4=CC(=O)C=C[C@]4(C)C3[C@@H](O)C[C@]2(C)[C@H]1C(=O)CO.C[C@]12C=CC(=O)C=C1CCC1C2[C@@H](O)C[C@@]2(C)C1CC[C@]2(O)C(=O)CO.C[C@]12CCC(=O)C=C1CCC1C2[C@@H](O)C[C@@]2(C)C1CC[C@]2(O)C(=O)CO. The molecule has 0 saturated heterocycles. The molecule has 21 heteroatoms. The fraction of sp³-hybridized carbons (Fsp3) is 0.767. The van der Waals surface area contributed by atoms with E-state index in [9.17, 15) is 89.1 Å². The van der Waals surface area contributed by atoms with Gasteiger partial charge in [-0.1, -0.05) is 107 Å². The summed E-state index contributed by atoms with van der Waals surface area (Å²) in [5.74, 6) is -1.55. The third-order valence-electron chi connectivity index (χ3n) is 34.2. The molecule has 0 heterocycles. The van der Waals surface area contributed by atoms with Gasteiger partial charge in [-0.15, -0.1) is 0 Å². The summed E-state index contributed by atoms with van der Waals surface area (Å²) in [6, 6.07) is 0. The minimum absolute atomic E-state index is 0. The number of aliphatic hydroxyl groups is 9.